The summed E-state index contributed by atoms with van der Waals surface area (Å²) in [4.78, 5) is 0. The number of aliphatic hydroxyl groups is 1. The maximum atomic E-state index is 9.29. The van der Waals surface area contributed by atoms with Gasteiger partial charge in [-0.15, -0.1) is 0 Å². The lowest BCUT2D eigenvalue weighted by molar-refractivity contribution is -0.142. The Labute approximate surface area is 75.2 Å². The maximum Gasteiger partial charge on any atom is 0.0464 e. The highest BCUT2D eigenvalue weighted by Gasteiger charge is 2.56. The van der Waals surface area contributed by atoms with E-state index in [0.29, 0.717) is 17.9 Å². The van der Waals surface area contributed by atoms with Crippen LogP contribution in [0.5, 0.6) is 0 Å². The molecule has 0 amide bonds. The number of hydrogen-bond acceptors (Lipinski definition) is 1. The van der Waals surface area contributed by atoms with E-state index in [1.54, 1.807) is 0 Å². The van der Waals surface area contributed by atoms with E-state index < -0.39 is 0 Å². The number of hydrogen-bond donors (Lipinski definition) is 1. The van der Waals surface area contributed by atoms with E-state index >= 15 is 0 Å². The van der Waals surface area contributed by atoms with Crippen molar-refractivity contribution in [2.75, 3.05) is 6.61 Å². The van der Waals surface area contributed by atoms with Gasteiger partial charge in [-0.1, -0.05) is 20.8 Å². The topological polar surface area (TPSA) is 20.2 Å². The highest BCUT2D eigenvalue weighted by atomic mass is 16.3. The molecule has 12 heavy (non-hydrogen) atoms. The van der Waals surface area contributed by atoms with E-state index in [1.165, 1.54) is 12.8 Å². The molecule has 1 N–H and O–H groups in total. The van der Waals surface area contributed by atoms with Crippen molar-refractivity contribution in [2.45, 2.75) is 33.6 Å². The standard InChI is InChI=1S/C11H20O/c1-7-4-8-5-10(9(7)6-12)11(8,2)3/h7-10,12H,4-6H2,1-3H3/t7?,8-,9?,10-/m0/s1. The molecule has 70 valence electrons. The van der Waals surface area contributed by atoms with Gasteiger partial charge >= 0.3 is 0 Å². The van der Waals surface area contributed by atoms with Gasteiger partial charge in [0.25, 0.3) is 0 Å². The summed E-state index contributed by atoms with van der Waals surface area (Å²) in [6.07, 6.45) is 2.72. The van der Waals surface area contributed by atoms with E-state index in [4.69, 9.17) is 0 Å². The Morgan fingerprint density at radius 3 is 2.42 bits per heavy atom. The van der Waals surface area contributed by atoms with E-state index in [2.05, 4.69) is 20.8 Å². The first kappa shape index (κ1) is 8.55. The largest absolute Gasteiger partial charge is 0.396 e. The Kier molecular flexibility index (Phi) is 1.76. The van der Waals surface area contributed by atoms with Crippen molar-refractivity contribution in [2.24, 2.45) is 29.1 Å². The first-order chi connectivity index (χ1) is 5.57. The van der Waals surface area contributed by atoms with Gasteiger partial charge < -0.3 is 5.11 Å². The molecule has 0 aromatic heterocycles. The van der Waals surface area contributed by atoms with Gasteiger partial charge in [0.1, 0.15) is 0 Å². The summed E-state index contributed by atoms with van der Waals surface area (Å²) in [6.45, 7) is 7.46. The van der Waals surface area contributed by atoms with Crippen LogP contribution in [-0.2, 0) is 0 Å². The van der Waals surface area contributed by atoms with Crippen LogP contribution >= 0.6 is 0 Å². The van der Waals surface area contributed by atoms with Crippen molar-refractivity contribution >= 4 is 0 Å². The quantitative estimate of drug-likeness (QED) is 0.637. The lowest BCUT2D eigenvalue weighted by Crippen LogP contribution is -2.56. The second-order valence-electron chi connectivity index (χ2n) is 5.42. The summed E-state index contributed by atoms with van der Waals surface area (Å²) in [5, 5.41) is 9.29. The first-order valence-corrected chi connectivity index (χ1v) is 5.18. The predicted molar refractivity (Wildman–Crippen MR) is 49.7 cm³/mol. The molecular formula is C11H20O. The van der Waals surface area contributed by atoms with Crippen LogP contribution in [0.1, 0.15) is 33.6 Å². The second-order valence-corrected chi connectivity index (χ2v) is 5.42. The zero-order valence-corrected chi connectivity index (χ0v) is 8.38. The molecular weight excluding hydrogens is 148 g/mol. The van der Waals surface area contributed by atoms with Crippen LogP contribution in [0.25, 0.3) is 0 Å². The Morgan fingerprint density at radius 2 is 2.00 bits per heavy atom. The van der Waals surface area contributed by atoms with Crippen molar-refractivity contribution in [1.82, 2.24) is 0 Å². The van der Waals surface area contributed by atoms with E-state index in [0.717, 1.165) is 17.8 Å². The normalized spacial score (nSPS) is 50.0. The lowest BCUT2D eigenvalue weighted by Gasteiger charge is -2.62. The van der Waals surface area contributed by atoms with E-state index in [-0.39, 0.29) is 0 Å². The summed E-state index contributed by atoms with van der Waals surface area (Å²) in [5.74, 6) is 3.09. The molecule has 2 bridgehead atoms. The molecule has 0 radical (unpaired) electrons. The molecule has 0 aromatic carbocycles. The number of rotatable bonds is 1. The lowest BCUT2D eigenvalue weighted by atomic mass is 9.43. The third-order valence-corrected chi connectivity index (χ3v) is 4.66. The molecule has 4 atom stereocenters. The SMILES string of the molecule is CC1C[C@H]2C[C@@H](C1CO)C2(C)C. The van der Waals surface area contributed by atoms with Crippen molar-refractivity contribution in [3.63, 3.8) is 0 Å². The van der Waals surface area contributed by atoms with Gasteiger partial charge in [-0.05, 0) is 41.9 Å². The summed E-state index contributed by atoms with van der Waals surface area (Å²) >= 11 is 0. The fourth-order valence-corrected chi connectivity index (χ4v) is 3.51. The molecule has 2 unspecified atom stereocenters. The van der Waals surface area contributed by atoms with Gasteiger partial charge in [-0.25, -0.2) is 0 Å². The fraction of sp³-hybridized carbons (Fsp3) is 1.00. The number of aliphatic hydroxyl groups excluding tert-OH is 1. The summed E-state index contributed by atoms with van der Waals surface area (Å²) < 4.78 is 0. The molecule has 0 aliphatic heterocycles. The third-order valence-electron chi connectivity index (χ3n) is 4.66. The van der Waals surface area contributed by atoms with Crippen LogP contribution in [0, 0.1) is 29.1 Å². The molecule has 0 saturated heterocycles. The Balaban J connectivity index is 2.15. The zero-order valence-electron chi connectivity index (χ0n) is 8.38. The van der Waals surface area contributed by atoms with Crippen LogP contribution in [0.4, 0.5) is 0 Å². The monoisotopic (exact) mass is 168 g/mol. The van der Waals surface area contributed by atoms with E-state index in [1.807, 2.05) is 0 Å². The average Bonchev–Trinajstić information content (AvgIpc) is 2.03. The highest BCUT2D eigenvalue weighted by Crippen LogP contribution is 2.62. The van der Waals surface area contributed by atoms with Crippen LogP contribution in [0.3, 0.4) is 0 Å². The molecule has 3 fully saturated rings. The van der Waals surface area contributed by atoms with E-state index in [9.17, 15) is 5.11 Å². The van der Waals surface area contributed by atoms with Gasteiger partial charge in [-0.2, -0.15) is 0 Å². The van der Waals surface area contributed by atoms with Crippen molar-refractivity contribution in [3.8, 4) is 0 Å². The van der Waals surface area contributed by atoms with Crippen LogP contribution < -0.4 is 0 Å². The van der Waals surface area contributed by atoms with Crippen molar-refractivity contribution in [3.05, 3.63) is 0 Å². The zero-order chi connectivity index (χ0) is 8.93. The Hall–Kier alpha value is -0.0400. The van der Waals surface area contributed by atoms with Crippen molar-refractivity contribution < 1.29 is 5.11 Å². The van der Waals surface area contributed by atoms with Gasteiger partial charge in [0.05, 0.1) is 0 Å². The minimum Gasteiger partial charge on any atom is -0.396 e. The minimum absolute atomic E-state index is 0.405. The summed E-state index contributed by atoms with van der Waals surface area (Å²) in [5.41, 5.74) is 0.528. The fourth-order valence-electron chi connectivity index (χ4n) is 3.51. The second kappa shape index (κ2) is 2.47. The molecule has 1 nitrogen and oxygen atoms in total. The minimum atomic E-state index is 0.405. The molecule has 0 aromatic rings. The van der Waals surface area contributed by atoms with Crippen molar-refractivity contribution in [1.29, 1.82) is 0 Å². The van der Waals surface area contributed by atoms with Crippen LogP contribution in [0.2, 0.25) is 0 Å². The van der Waals surface area contributed by atoms with Gasteiger partial charge in [0.2, 0.25) is 0 Å². The predicted octanol–water partition coefficient (Wildman–Crippen LogP) is 2.30. The molecule has 3 aliphatic rings. The molecule has 1 heteroatoms. The third kappa shape index (κ3) is 0.891. The van der Waals surface area contributed by atoms with Gasteiger partial charge in [0, 0.05) is 6.61 Å². The Morgan fingerprint density at radius 1 is 1.33 bits per heavy atom. The molecule has 3 rings (SSSR count). The van der Waals surface area contributed by atoms with Crippen LogP contribution in [0.15, 0.2) is 0 Å². The molecule has 0 spiro atoms. The molecule has 0 heterocycles. The molecule has 3 saturated carbocycles. The van der Waals surface area contributed by atoms with Gasteiger partial charge in [0.15, 0.2) is 0 Å². The Bertz CT molecular complexity index is 185. The smallest absolute Gasteiger partial charge is 0.0464 e. The summed E-state index contributed by atoms with van der Waals surface area (Å²) in [7, 11) is 0. The average molecular weight is 168 g/mol. The van der Waals surface area contributed by atoms with Gasteiger partial charge in [-0.3, -0.25) is 0 Å². The summed E-state index contributed by atoms with van der Waals surface area (Å²) in [6, 6.07) is 0. The highest BCUT2D eigenvalue weighted by molar-refractivity contribution is 5.04. The first-order valence-electron chi connectivity index (χ1n) is 5.18. The maximum absolute atomic E-state index is 9.29. The number of fused-ring (bicyclic) bond motifs is 2. The molecule has 3 aliphatic carbocycles. The van der Waals surface area contributed by atoms with Crippen LogP contribution in [-0.4, -0.2) is 11.7 Å².